The second kappa shape index (κ2) is 32.4. The van der Waals surface area contributed by atoms with E-state index >= 15 is 0 Å². The maximum absolute atomic E-state index is 12.4. The Balaban J connectivity index is 1.95. The van der Waals surface area contributed by atoms with Gasteiger partial charge in [-0.25, -0.2) is 0 Å². The van der Waals surface area contributed by atoms with Gasteiger partial charge in [-0.3, -0.25) is 14.3 Å². The van der Waals surface area contributed by atoms with E-state index in [2.05, 4.69) is 60.0 Å². The lowest BCUT2D eigenvalue weighted by molar-refractivity contribution is -0.487. The van der Waals surface area contributed by atoms with Crippen LogP contribution in [0.2, 0.25) is 0 Å². The zero-order valence-corrected chi connectivity index (χ0v) is 30.7. The van der Waals surface area contributed by atoms with Gasteiger partial charge in [0.15, 0.2) is 0 Å². The fourth-order valence-electron chi connectivity index (χ4n) is 6.49. The van der Waals surface area contributed by atoms with Gasteiger partial charge in [-0.15, -0.1) is 0 Å². The molecule has 0 aliphatic carbocycles. The minimum absolute atomic E-state index is 0.235. The highest BCUT2D eigenvalue weighted by Crippen LogP contribution is 2.13. The Kier molecular flexibility index (Phi) is 29.8. The molecule has 0 bridgehead atoms. The zero-order valence-electron chi connectivity index (χ0n) is 30.7. The number of amidine groups is 1. The number of allylic oxidation sites excluding steroid dienone is 4. The molecule has 0 saturated heterocycles. The first-order valence-corrected chi connectivity index (χ1v) is 20.1. The summed E-state index contributed by atoms with van der Waals surface area (Å²) in [5, 5.41) is 3.19. The molecular weight excluding hydrogens is 550 g/mol. The molecule has 1 heterocycles. The Bertz CT molecular complexity index is 756. The van der Waals surface area contributed by atoms with E-state index in [9.17, 15) is 4.79 Å². The smallest absolute Gasteiger partial charge is 0.246 e. The number of likely N-dealkylation sites (N-methyl/N-ethyl adjacent to an activating group) is 1. The van der Waals surface area contributed by atoms with Crippen LogP contribution in [0.4, 0.5) is 0 Å². The van der Waals surface area contributed by atoms with Crippen LogP contribution in [0.15, 0.2) is 24.3 Å². The molecule has 4 heteroatoms. The van der Waals surface area contributed by atoms with Crippen LogP contribution in [0.5, 0.6) is 0 Å². The summed E-state index contributed by atoms with van der Waals surface area (Å²) < 4.78 is 2.43. The highest BCUT2D eigenvalue weighted by Gasteiger charge is 2.27. The van der Waals surface area contributed by atoms with Gasteiger partial charge in [0.25, 0.3) is 0 Å². The van der Waals surface area contributed by atoms with Crippen LogP contribution in [-0.4, -0.2) is 54.4 Å². The van der Waals surface area contributed by atoms with Crippen molar-refractivity contribution < 1.29 is 9.37 Å². The fraction of sp³-hybridized carbons (Fsp3) is 0.854. The monoisotopic (exact) mass is 629 g/mol. The molecule has 0 radical (unpaired) electrons. The van der Waals surface area contributed by atoms with Crippen molar-refractivity contribution in [3.63, 3.8) is 0 Å². The molecule has 262 valence electrons. The van der Waals surface area contributed by atoms with Crippen LogP contribution < -0.4 is 5.32 Å². The molecular formula is C41H78N3O+. The average Bonchev–Trinajstić information content (AvgIpc) is 3.39. The first-order chi connectivity index (χ1) is 22.2. The first-order valence-electron chi connectivity index (χ1n) is 20.1. The van der Waals surface area contributed by atoms with Gasteiger partial charge in [0.2, 0.25) is 11.7 Å². The van der Waals surface area contributed by atoms with Crippen LogP contribution in [0.1, 0.15) is 194 Å². The summed E-state index contributed by atoms with van der Waals surface area (Å²) >= 11 is 0. The maximum Gasteiger partial charge on any atom is 0.246 e. The van der Waals surface area contributed by atoms with Crippen molar-refractivity contribution in [1.82, 2.24) is 10.2 Å². The maximum atomic E-state index is 12.4. The minimum atomic E-state index is 0.235. The predicted molar refractivity (Wildman–Crippen MR) is 200 cm³/mol. The molecule has 4 nitrogen and oxygen atoms in total. The van der Waals surface area contributed by atoms with E-state index in [0.717, 1.165) is 32.6 Å². The summed E-state index contributed by atoms with van der Waals surface area (Å²) in [7, 11) is 2.23. The molecule has 0 aromatic rings. The molecule has 1 amide bonds. The van der Waals surface area contributed by atoms with Gasteiger partial charge in [-0.05, 0) is 64.2 Å². The normalized spacial score (nSPS) is 13.7. The van der Waals surface area contributed by atoms with Crippen molar-refractivity contribution in [2.24, 2.45) is 0 Å². The molecule has 1 aliphatic rings. The van der Waals surface area contributed by atoms with E-state index in [4.69, 9.17) is 0 Å². The van der Waals surface area contributed by atoms with Gasteiger partial charge >= 0.3 is 0 Å². The minimum Gasteiger partial charge on any atom is -0.352 e. The zero-order chi connectivity index (χ0) is 32.5. The molecule has 0 saturated carbocycles. The number of hydrogen-bond acceptors (Lipinski definition) is 2. The van der Waals surface area contributed by atoms with E-state index in [-0.39, 0.29) is 5.91 Å². The van der Waals surface area contributed by atoms with Crippen LogP contribution in [0.25, 0.3) is 0 Å². The van der Waals surface area contributed by atoms with Crippen molar-refractivity contribution in [2.45, 2.75) is 194 Å². The van der Waals surface area contributed by atoms with E-state index in [1.165, 1.54) is 173 Å². The molecule has 0 spiro atoms. The standard InChI is InChI=1S/C41H77N3O/c1-4-6-8-10-12-14-16-18-20-22-24-26-28-30-32-34-40(45)42-36-37-44-39-38-43(3)41(44)35-33-31-29-27-25-23-21-19-17-15-13-11-9-7-5-2/h18-21H,4-17,22-39H2,1-3H3/p+1/b20-18-,21-19-. The Labute approximate surface area is 282 Å². The summed E-state index contributed by atoms with van der Waals surface area (Å²) in [6.07, 6.45) is 45.9. The summed E-state index contributed by atoms with van der Waals surface area (Å²) in [5.41, 5.74) is 0. The Morgan fingerprint density at radius 2 is 1.04 bits per heavy atom. The number of rotatable bonds is 33. The third-order valence-electron chi connectivity index (χ3n) is 9.54. The van der Waals surface area contributed by atoms with Gasteiger partial charge in [-0.2, -0.15) is 0 Å². The highest BCUT2D eigenvalue weighted by atomic mass is 16.1. The molecule has 45 heavy (non-hydrogen) atoms. The Morgan fingerprint density at radius 1 is 0.622 bits per heavy atom. The second-order valence-corrected chi connectivity index (χ2v) is 13.8. The molecule has 1 rings (SSSR count). The highest BCUT2D eigenvalue weighted by molar-refractivity contribution is 5.78. The number of unbranched alkanes of at least 4 members (excludes halogenated alkanes) is 22. The van der Waals surface area contributed by atoms with Crippen LogP contribution in [0, 0.1) is 0 Å². The fourth-order valence-corrected chi connectivity index (χ4v) is 6.49. The van der Waals surface area contributed by atoms with Gasteiger partial charge in [0.05, 0.1) is 13.6 Å². The molecule has 0 aromatic carbocycles. The average molecular weight is 629 g/mol. The molecule has 0 atom stereocenters. The molecule has 1 aliphatic heterocycles. The van der Waals surface area contributed by atoms with Gasteiger partial charge < -0.3 is 5.32 Å². The Hall–Kier alpha value is -1.58. The van der Waals surface area contributed by atoms with Crippen LogP contribution in [0.3, 0.4) is 0 Å². The topological polar surface area (TPSA) is 35.4 Å². The SMILES string of the molecule is CCCCCCCC/C=C\CCCCCCCC(=O)NCCN1CC[N+](C)=C1CCCCCCC/C=C\CCCCCCCC. The lowest BCUT2D eigenvalue weighted by Crippen LogP contribution is -2.37. The molecule has 0 fully saturated rings. The van der Waals surface area contributed by atoms with Gasteiger partial charge in [-0.1, -0.05) is 141 Å². The number of nitrogens with zero attached hydrogens (tertiary/aromatic N) is 2. The number of carbonyl (C=O) groups excluding carboxylic acids is 1. The van der Waals surface area contributed by atoms with Crippen molar-refractivity contribution in [3.05, 3.63) is 24.3 Å². The van der Waals surface area contributed by atoms with E-state index in [1.807, 2.05) is 0 Å². The summed E-state index contributed by atoms with van der Waals surface area (Å²) in [5.74, 6) is 1.72. The molecule has 0 aromatic heterocycles. The number of amides is 1. The summed E-state index contributed by atoms with van der Waals surface area (Å²) in [4.78, 5) is 14.9. The van der Waals surface area contributed by atoms with Crippen LogP contribution in [-0.2, 0) is 4.79 Å². The van der Waals surface area contributed by atoms with E-state index in [1.54, 1.807) is 0 Å². The first kappa shape index (κ1) is 41.4. The number of carbonyl (C=O) groups is 1. The largest absolute Gasteiger partial charge is 0.352 e. The second-order valence-electron chi connectivity index (χ2n) is 13.8. The van der Waals surface area contributed by atoms with Crippen molar-refractivity contribution in [1.29, 1.82) is 0 Å². The van der Waals surface area contributed by atoms with E-state index < -0.39 is 0 Å². The number of nitrogens with one attached hydrogen (secondary N) is 1. The predicted octanol–water partition coefficient (Wildman–Crippen LogP) is 11.5. The van der Waals surface area contributed by atoms with Crippen LogP contribution >= 0.6 is 0 Å². The quantitative estimate of drug-likeness (QED) is 0.0446. The van der Waals surface area contributed by atoms with Crippen molar-refractivity contribution in [2.75, 3.05) is 33.2 Å². The van der Waals surface area contributed by atoms with Gasteiger partial charge in [0.1, 0.15) is 19.6 Å². The molecule has 0 unspecified atom stereocenters. The third kappa shape index (κ3) is 26.2. The van der Waals surface area contributed by atoms with Crippen molar-refractivity contribution in [3.8, 4) is 0 Å². The van der Waals surface area contributed by atoms with Crippen molar-refractivity contribution >= 4 is 11.7 Å². The molecule has 1 N–H and O–H groups in total. The lowest BCUT2D eigenvalue weighted by atomic mass is 10.1. The van der Waals surface area contributed by atoms with E-state index in [0.29, 0.717) is 6.42 Å². The Morgan fingerprint density at radius 3 is 1.53 bits per heavy atom. The summed E-state index contributed by atoms with van der Waals surface area (Å²) in [6.45, 7) is 8.50. The summed E-state index contributed by atoms with van der Waals surface area (Å²) in [6, 6.07) is 0. The number of hydrogen-bond donors (Lipinski definition) is 1. The third-order valence-corrected chi connectivity index (χ3v) is 9.54. The lowest BCUT2D eigenvalue weighted by Gasteiger charge is -2.14. The van der Waals surface area contributed by atoms with Gasteiger partial charge in [0, 0.05) is 12.8 Å².